The van der Waals surface area contributed by atoms with E-state index in [2.05, 4.69) is 10.6 Å². The van der Waals surface area contributed by atoms with E-state index in [9.17, 15) is 13.2 Å². The molecule has 0 bridgehead atoms. The molecule has 1 aliphatic heterocycles. The predicted octanol–water partition coefficient (Wildman–Crippen LogP) is -0.305. The minimum atomic E-state index is -2.96. The van der Waals surface area contributed by atoms with E-state index in [1.807, 2.05) is 0 Å². The van der Waals surface area contributed by atoms with E-state index in [1.54, 1.807) is 19.9 Å². The maximum Gasteiger partial charge on any atom is 0.263 e. The Morgan fingerprint density at radius 3 is 2.61 bits per heavy atom. The fraction of sp³-hybridized carbons (Fsp3) is 0.636. The molecule has 1 heterocycles. The number of nitrogens with zero attached hydrogens (tertiary/aromatic N) is 1. The molecule has 18 heavy (non-hydrogen) atoms. The molecule has 1 unspecified atom stereocenters. The number of rotatable bonds is 4. The van der Waals surface area contributed by atoms with Gasteiger partial charge in [-0.05, 0) is 20.3 Å². The highest BCUT2D eigenvalue weighted by Gasteiger charge is 2.27. The molecular formula is C11H17N3O3S. The quantitative estimate of drug-likeness (QED) is 0.540. The summed E-state index contributed by atoms with van der Waals surface area (Å²) in [5, 5.41) is 14.3. The Morgan fingerprint density at radius 2 is 2.17 bits per heavy atom. The Hall–Kier alpha value is -1.55. The number of nitrogens with one attached hydrogen (secondary N) is 2. The second kappa shape index (κ2) is 5.87. The first-order valence-electron chi connectivity index (χ1n) is 5.71. The summed E-state index contributed by atoms with van der Waals surface area (Å²) in [6, 6.07) is 1.52. The van der Waals surface area contributed by atoms with E-state index in [4.69, 9.17) is 5.26 Å². The first-order chi connectivity index (χ1) is 8.34. The molecule has 0 aromatic carbocycles. The van der Waals surface area contributed by atoms with E-state index in [1.165, 1.54) is 6.20 Å². The smallest absolute Gasteiger partial charge is 0.263 e. The highest BCUT2D eigenvalue weighted by molar-refractivity contribution is 7.91. The molecule has 6 nitrogen and oxygen atoms in total. The molecule has 0 aromatic rings. The number of nitriles is 1. The average Bonchev–Trinajstić information content (AvgIpc) is 2.58. The lowest BCUT2D eigenvalue weighted by Crippen LogP contribution is -2.33. The van der Waals surface area contributed by atoms with Crippen LogP contribution in [0.5, 0.6) is 0 Å². The molecule has 0 aliphatic carbocycles. The average molecular weight is 271 g/mol. The van der Waals surface area contributed by atoms with Crippen LogP contribution in [0.25, 0.3) is 0 Å². The van der Waals surface area contributed by atoms with Crippen LogP contribution < -0.4 is 10.6 Å². The van der Waals surface area contributed by atoms with Crippen LogP contribution in [-0.2, 0) is 14.6 Å². The van der Waals surface area contributed by atoms with Gasteiger partial charge in [0.1, 0.15) is 11.6 Å². The van der Waals surface area contributed by atoms with Gasteiger partial charge >= 0.3 is 0 Å². The zero-order valence-electron chi connectivity index (χ0n) is 10.4. The van der Waals surface area contributed by atoms with Crippen molar-refractivity contribution in [3.63, 3.8) is 0 Å². The molecule has 0 saturated carbocycles. The van der Waals surface area contributed by atoms with E-state index in [0.717, 1.165) is 0 Å². The van der Waals surface area contributed by atoms with Crippen LogP contribution in [0.4, 0.5) is 0 Å². The van der Waals surface area contributed by atoms with Crippen LogP contribution in [0.2, 0.25) is 0 Å². The van der Waals surface area contributed by atoms with Gasteiger partial charge in [0.05, 0.1) is 11.5 Å². The van der Waals surface area contributed by atoms with Crippen molar-refractivity contribution in [2.75, 3.05) is 11.5 Å². The Bertz CT molecular complexity index is 488. The molecule has 2 N–H and O–H groups in total. The van der Waals surface area contributed by atoms with Gasteiger partial charge in [-0.15, -0.1) is 0 Å². The lowest BCUT2D eigenvalue weighted by molar-refractivity contribution is -0.117. The van der Waals surface area contributed by atoms with Crippen molar-refractivity contribution in [1.29, 1.82) is 5.26 Å². The molecule has 100 valence electrons. The van der Waals surface area contributed by atoms with Crippen molar-refractivity contribution >= 4 is 15.7 Å². The standard InChI is InChI=1S/C11H17N3O3S/c1-8(2)14-11(15)9(5-12)6-13-10-3-4-18(16,17)7-10/h6,8,10,13H,3-4,7H2,1-2H3,(H,14,15)/b9-6-. The van der Waals surface area contributed by atoms with Crippen molar-refractivity contribution < 1.29 is 13.2 Å². The highest BCUT2D eigenvalue weighted by Crippen LogP contribution is 2.11. The van der Waals surface area contributed by atoms with Crippen LogP contribution in [0.15, 0.2) is 11.8 Å². The third-order valence-electron chi connectivity index (χ3n) is 2.48. The molecule has 1 atom stereocenters. The summed E-state index contributed by atoms with van der Waals surface area (Å²) in [5.41, 5.74) is -0.0482. The van der Waals surface area contributed by atoms with Gasteiger partial charge in [-0.3, -0.25) is 4.79 Å². The Labute approximate surface area is 107 Å². The van der Waals surface area contributed by atoms with Gasteiger partial charge in [0.25, 0.3) is 5.91 Å². The summed E-state index contributed by atoms with van der Waals surface area (Å²) in [4.78, 5) is 11.6. The maximum atomic E-state index is 11.6. The fourth-order valence-electron chi connectivity index (χ4n) is 1.62. The third kappa shape index (κ3) is 4.37. The lowest BCUT2D eigenvalue weighted by Gasteiger charge is -2.10. The van der Waals surface area contributed by atoms with E-state index in [0.29, 0.717) is 6.42 Å². The Morgan fingerprint density at radius 1 is 1.50 bits per heavy atom. The molecule has 1 saturated heterocycles. The van der Waals surface area contributed by atoms with Crippen LogP contribution in [-0.4, -0.2) is 37.9 Å². The molecule has 7 heteroatoms. The topological polar surface area (TPSA) is 99.1 Å². The highest BCUT2D eigenvalue weighted by atomic mass is 32.2. The summed E-state index contributed by atoms with van der Waals surface area (Å²) >= 11 is 0. The molecule has 0 radical (unpaired) electrons. The molecule has 1 amide bonds. The normalized spacial score (nSPS) is 22.6. The molecule has 1 aliphatic rings. The van der Waals surface area contributed by atoms with E-state index >= 15 is 0 Å². The van der Waals surface area contributed by atoms with Gasteiger partial charge in [0.15, 0.2) is 9.84 Å². The second-order valence-corrected chi connectivity index (χ2v) is 6.79. The Kier molecular flexibility index (Phi) is 4.73. The molecule has 1 fully saturated rings. The fourth-order valence-corrected chi connectivity index (χ4v) is 3.30. The number of carbonyl (C=O) groups excluding carboxylic acids is 1. The van der Waals surface area contributed by atoms with Crippen molar-refractivity contribution in [2.24, 2.45) is 0 Å². The largest absolute Gasteiger partial charge is 0.386 e. The number of amides is 1. The van der Waals surface area contributed by atoms with Gasteiger partial charge in [0.2, 0.25) is 0 Å². The molecular weight excluding hydrogens is 254 g/mol. The predicted molar refractivity (Wildman–Crippen MR) is 67.2 cm³/mol. The van der Waals surface area contributed by atoms with Crippen LogP contribution >= 0.6 is 0 Å². The van der Waals surface area contributed by atoms with Crippen molar-refractivity contribution in [3.05, 3.63) is 11.8 Å². The monoisotopic (exact) mass is 271 g/mol. The van der Waals surface area contributed by atoms with Gasteiger partial charge in [-0.2, -0.15) is 5.26 Å². The van der Waals surface area contributed by atoms with Crippen LogP contribution in [0.1, 0.15) is 20.3 Å². The minimum absolute atomic E-state index is 0.0482. The third-order valence-corrected chi connectivity index (χ3v) is 4.25. The van der Waals surface area contributed by atoms with Crippen LogP contribution in [0, 0.1) is 11.3 Å². The van der Waals surface area contributed by atoms with Gasteiger partial charge in [-0.1, -0.05) is 0 Å². The number of hydrogen-bond acceptors (Lipinski definition) is 5. The summed E-state index contributed by atoms with van der Waals surface area (Å²) in [6.45, 7) is 3.59. The van der Waals surface area contributed by atoms with Gasteiger partial charge < -0.3 is 10.6 Å². The zero-order valence-corrected chi connectivity index (χ0v) is 11.3. The summed E-state index contributed by atoms with van der Waals surface area (Å²) < 4.78 is 22.5. The van der Waals surface area contributed by atoms with E-state index in [-0.39, 0.29) is 29.2 Å². The zero-order chi connectivity index (χ0) is 13.8. The van der Waals surface area contributed by atoms with E-state index < -0.39 is 15.7 Å². The Balaban J connectivity index is 2.59. The SMILES string of the molecule is CC(C)NC(=O)/C(C#N)=C\NC1CCS(=O)(=O)C1. The first-order valence-corrected chi connectivity index (χ1v) is 7.54. The molecule has 0 spiro atoms. The molecule has 0 aromatic heterocycles. The van der Waals surface area contributed by atoms with Gasteiger partial charge in [-0.25, -0.2) is 8.42 Å². The maximum absolute atomic E-state index is 11.6. The first kappa shape index (κ1) is 14.5. The van der Waals surface area contributed by atoms with Crippen molar-refractivity contribution in [3.8, 4) is 6.07 Å². The molecule has 1 rings (SSSR count). The van der Waals surface area contributed by atoms with Crippen LogP contribution in [0.3, 0.4) is 0 Å². The van der Waals surface area contributed by atoms with Crippen molar-refractivity contribution in [2.45, 2.75) is 32.4 Å². The lowest BCUT2D eigenvalue weighted by atomic mass is 10.2. The summed E-state index contributed by atoms with van der Waals surface area (Å²) in [6.07, 6.45) is 1.80. The number of carbonyl (C=O) groups is 1. The summed E-state index contributed by atoms with van der Waals surface area (Å²) in [7, 11) is -2.96. The number of hydrogen-bond donors (Lipinski definition) is 2. The number of sulfone groups is 1. The van der Waals surface area contributed by atoms with Gasteiger partial charge in [0, 0.05) is 18.3 Å². The summed E-state index contributed by atoms with van der Waals surface area (Å²) in [5.74, 6) is -0.257. The second-order valence-electron chi connectivity index (χ2n) is 4.56. The van der Waals surface area contributed by atoms with Crippen molar-refractivity contribution in [1.82, 2.24) is 10.6 Å². The minimum Gasteiger partial charge on any atom is -0.386 e.